The number of halogens is 1. The molecule has 1 heterocycles. The second-order valence-corrected chi connectivity index (χ2v) is 3.40. The summed E-state index contributed by atoms with van der Waals surface area (Å²) in [5, 5.41) is 10.9. The Morgan fingerprint density at radius 3 is 2.76 bits per heavy atom. The number of rotatable bonds is 3. The molecule has 0 radical (unpaired) electrons. The molecule has 6 heteroatoms. The van der Waals surface area contributed by atoms with E-state index in [2.05, 4.69) is 9.68 Å². The Morgan fingerprint density at radius 1 is 1.41 bits per heavy atom. The lowest BCUT2D eigenvalue weighted by atomic mass is 10.1. The van der Waals surface area contributed by atoms with Crippen LogP contribution in [0.5, 0.6) is 0 Å². The van der Waals surface area contributed by atoms with Crippen molar-refractivity contribution in [2.75, 3.05) is 0 Å². The highest BCUT2D eigenvalue weighted by atomic mass is 19.1. The van der Waals surface area contributed by atoms with Crippen LogP contribution in [0.2, 0.25) is 0 Å². The van der Waals surface area contributed by atoms with Gasteiger partial charge in [0, 0.05) is 5.56 Å². The summed E-state index contributed by atoms with van der Waals surface area (Å²) in [5.41, 5.74) is -0.724. The number of carboxylic acid groups (broad SMARTS) is 1. The molecule has 0 saturated heterocycles. The Hall–Kier alpha value is -2.37. The quantitative estimate of drug-likeness (QED) is 0.845. The molecule has 0 bridgehead atoms. The van der Waals surface area contributed by atoms with Crippen molar-refractivity contribution in [3.63, 3.8) is 0 Å². The highest BCUT2D eigenvalue weighted by molar-refractivity contribution is 5.74. The third kappa shape index (κ3) is 2.10. The van der Waals surface area contributed by atoms with E-state index in [-0.39, 0.29) is 16.8 Å². The Labute approximate surface area is 94.5 Å². The lowest BCUT2D eigenvalue weighted by molar-refractivity contribution is -0.136. The Kier molecular flexibility index (Phi) is 2.78. The SMILES string of the molecule is O=C(O)Cc1c(-c2ccccc2F)[nH]oc1=O. The van der Waals surface area contributed by atoms with Crippen LogP contribution in [0.15, 0.2) is 33.6 Å². The van der Waals surface area contributed by atoms with E-state index < -0.39 is 23.8 Å². The van der Waals surface area contributed by atoms with Crippen molar-refractivity contribution in [3.8, 4) is 11.3 Å². The minimum atomic E-state index is -1.19. The van der Waals surface area contributed by atoms with Gasteiger partial charge < -0.3 is 9.63 Å². The third-order valence-electron chi connectivity index (χ3n) is 2.27. The van der Waals surface area contributed by atoms with Crippen LogP contribution >= 0.6 is 0 Å². The van der Waals surface area contributed by atoms with Crippen molar-refractivity contribution < 1.29 is 18.8 Å². The van der Waals surface area contributed by atoms with E-state index in [1.807, 2.05) is 0 Å². The molecule has 0 amide bonds. The van der Waals surface area contributed by atoms with Gasteiger partial charge in [-0.2, -0.15) is 0 Å². The van der Waals surface area contributed by atoms with Crippen LogP contribution in [-0.4, -0.2) is 16.2 Å². The molecular weight excluding hydrogens is 229 g/mol. The average molecular weight is 237 g/mol. The number of aromatic amines is 1. The summed E-state index contributed by atoms with van der Waals surface area (Å²) >= 11 is 0. The molecule has 2 aromatic rings. The van der Waals surface area contributed by atoms with E-state index >= 15 is 0 Å². The van der Waals surface area contributed by atoms with Crippen LogP contribution < -0.4 is 5.63 Å². The fraction of sp³-hybridized carbons (Fsp3) is 0.0909. The number of aliphatic carboxylic acids is 1. The normalized spacial score (nSPS) is 10.4. The number of H-pyrrole nitrogens is 1. The predicted octanol–water partition coefficient (Wildman–Crippen LogP) is 1.40. The van der Waals surface area contributed by atoms with Crippen LogP contribution in [0.4, 0.5) is 4.39 Å². The molecule has 88 valence electrons. The summed E-state index contributed by atoms with van der Waals surface area (Å²) < 4.78 is 18.0. The van der Waals surface area contributed by atoms with Crippen LogP contribution in [0.3, 0.4) is 0 Å². The smallest absolute Gasteiger partial charge is 0.361 e. The maximum Gasteiger partial charge on any atom is 0.361 e. The van der Waals surface area contributed by atoms with Crippen LogP contribution in [0, 0.1) is 5.82 Å². The largest absolute Gasteiger partial charge is 0.481 e. The summed E-state index contributed by atoms with van der Waals surface area (Å²) in [6, 6.07) is 5.72. The van der Waals surface area contributed by atoms with Gasteiger partial charge in [-0.05, 0) is 12.1 Å². The minimum Gasteiger partial charge on any atom is -0.481 e. The molecule has 1 aromatic heterocycles. The van der Waals surface area contributed by atoms with Gasteiger partial charge in [0.05, 0.1) is 17.7 Å². The minimum absolute atomic E-state index is 0.0653. The maximum atomic E-state index is 13.5. The number of carbonyl (C=O) groups is 1. The topological polar surface area (TPSA) is 83.3 Å². The first-order valence-corrected chi connectivity index (χ1v) is 4.76. The van der Waals surface area contributed by atoms with Crippen molar-refractivity contribution in [3.05, 3.63) is 46.1 Å². The van der Waals surface area contributed by atoms with Gasteiger partial charge in [0.2, 0.25) is 0 Å². The van der Waals surface area contributed by atoms with Crippen LogP contribution in [-0.2, 0) is 11.2 Å². The molecule has 0 aliphatic heterocycles. The predicted molar refractivity (Wildman–Crippen MR) is 56.1 cm³/mol. The van der Waals surface area contributed by atoms with Crippen molar-refractivity contribution in [1.82, 2.24) is 5.16 Å². The van der Waals surface area contributed by atoms with E-state index in [1.165, 1.54) is 18.2 Å². The van der Waals surface area contributed by atoms with Gasteiger partial charge in [0.15, 0.2) is 0 Å². The fourth-order valence-corrected chi connectivity index (χ4v) is 1.52. The van der Waals surface area contributed by atoms with E-state index in [0.29, 0.717) is 0 Å². The molecule has 2 N–H and O–H groups in total. The molecule has 5 nitrogen and oxygen atoms in total. The summed E-state index contributed by atoms with van der Waals surface area (Å²) in [6.07, 6.45) is -0.518. The first-order chi connectivity index (χ1) is 8.09. The lowest BCUT2D eigenvalue weighted by Gasteiger charge is -2.00. The molecule has 0 aliphatic rings. The van der Waals surface area contributed by atoms with Crippen LogP contribution in [0.25, 0.3) is 11.3 Å². The lowest BCUT2D eigenvalue weighted by Crippen LogP contribution is -2.09. The van der Waals surface area contributed by atoms with E-state index in [4.69, 9.17) is 5.11 Å². The molecule has 0 aliphatic carbocycles. The summed E-state index contributed by atoms with van der Waals surface area (Å²) in [6.45, 7) is 0. The zero-order valence-corrected chi connectivity index (χ0v) is 8.57. The van der Waals surface area contributed by atoms with Gasteiger partial charge in [0.1, 0.15) is 5.82 Å². The van der Waals surface area contributed by atoms with Crippen LogP contribution in [0.1, 0.15) is 5.56 Å². The van der Waals surface area contributed by atoms with Gasteiger partial charge in [-0.1, -0.05) is 12.1 Å². The summed E-state index contributed by atoms with van der Waals surface area (Å²) in [7, 11) is 0. The van der Waals surface area contributed by atoms with Crippen molar-refractivity contribution in [2.45, 2.75) is 6.42 Å². The number of hydrogen-bond donors (Lipinski definition) is 2. The first kappa shape index (κ1) is 11.1. The standard InChI is InChI=1S/C11H8FNO4/c12-8-4-2-1-3-6(8)10-7(5-9(14)15)11(16)17-13-10/h1-4,13H,5H2,(H,14,15). The number of aromatic nitrogens is 1. The monoisotopic (exact) mass is 237 g/mol. The fourth-order valence-electron chi connectivity index (χ4n) is 1.52. The van der Waals surface area contributed by atoms with Crippen molar-refractivity contribution >= 4 is 5.97 Å². The Morgan fingerprint density at radius 2 is 2.12 bits per heavy atom. The molecule has 1 aromatic carbocycles. The number of carboxylic acids is 1. The second-order valence-electron chi connectivity index (χ2n) is 3.40. The zero-order chi connectivity index (χ0) is 12.4. The molecule has 0 saturated carbocycles. The first-order valence-electron chi connectivity index (χ1n) is 4.76. The van der Waals surface area contributed by atoms with E-state index in [1.54, 1.807) is 6.07 Å². The maximum absolute atomic E-state index is 13.5. The third-order valence-corrected chi connectivity index (χ3v) is 2.27. The Bertz CT molecular complexity index is 614. The number of nitrogens with one attached hydrogen (secondary N) is 1. The molecule has 0 unspecified atom stereocenters. The molecule has 0 atom stereocenters. The van der Waals surface area contributed by atoms with E-state index in [0.717, 1.165) is 0 Å². The highest BCUT2D eigenvalue weighted by Gasteiger charge is 2.18. The summed E-state index contributed by atoms with van der Waals surface area (Å²) in [4.78, 5) is 21.9. The van der Waals surface area contributed by atoms with Crippen molar-refractivity contribution in [1.29, 1.82) is 0 Å². The van der Waals surface area contributed by atoms with Gasteiger partial charge in [-0.3, -0.25) is 4.79 Å². The van der Waals surface area contributed by atoms with Crippen molar-refractivity contribution in [2.24, 2.45) is 0 Å². The average Bonchev–Trinajstić information content (AvgIpc) is 2.61. The van der Waals surface area contributed by atoms with Gasteiger partial charge in [-0.15, -0.1) is 0 Å². The van der Waals surface area contributed by atoms with E-state index in [9.17, 15) is 14.0 Å². The Balaban J connectivity index is 2.57. The van der Waals surface area contributed by atoms with Gasteiger partial charge in [0.25, 0.3) is 0 Å². The zero-order valence-electron chi connectivity index (χ0n) is 8.57. The highest BCUT2D eigenvalue weighted by Crippen LogP contribution is 2.22. The second kappa shape index (κ2) is 4.25. The van der Waals surface area contributed by atoms with Gasteiger partial charge in [-0.25, -0.2) is 14.3 Å². The van der Waals surface area contributed by atoms with Gasteiger partial charge >= 0.3 is 11.6 Å². The molecule has 2 rings (SSSR count). The molecule has 0 spiro atoms. The number of benzene rings is 1. The number of hydrogen-bond acceptors (Lipinski definition) is 3. The molecule has 0 fully saturated rings. The molecular formula is C11H8FNO4. The summed E-state index contributed by atoms with van der Waals surface area (Å²) in [5.74, 6) is -1.74. The molecule has 17 heavy (non-hydrogen) atoms.